The summed E-state index contributed by atoms with van der Waals surface area (Å²) in [7, 11) is 0. The van der Waals surface area contributed by atoms with Gasteiger partial charge in [0.15, 0.2) is 5.78 Å². The van der Waals surface area contributed by atoms with Crippen LogP contribution in [0.5, 0.6) is 0 Å². The Bertz CT molecular complexity index is 524. The van der Waals surface area contributed by atoms with Crippen LogP contribution in [-0.4, -0.2) is 23.5 Å². The summed E-state index contributed by atoms with van der Waals surface area (Å²) in [6, 6.07) is 8.86. The van der Waals surface area contributed by atoms with Gasteiger partial charge in [-0.2, -0.15) is 0 Å². The van der Waals surface area contributed by atoms with E-state index in [0.717, 1.165) is 18.4 Å². The third kappa shape index (κ3) is 4.52. The summed E-state index contributed by atoms with van der Waals surface area (Å²) in [6.45, 7) is 1.47. The Morgan fingerprint density at radius 1 is 1.29 bits per heavy atom. The zero-order valence-corrected chi connectivity index (χ0v) is 12.3. The van der Waals surface area contributed by atoms with Gasteiger partial charge in [0.25, 0.3) is 0 Å². The van der Waals surface area contributed by atoms with Crippen molar-refractivity contribution in [1.29, 1.82) is 0 Å². The van der Waals surface area contributed by atoms with Gasteiger partial charge in [-0.15, -0.1) is 0 Å². The molecule has 4 heteroatoms. The largest absolute Gasteiger partial charge is 0.346 e. The second-order valence-corrected chi connectivity index (χ2v) is 5.68. The Kier molecular flexibility index (Phi) is 5.26. The zero-order chi connectivity index (χ0) is 15.2. The number of Topliss-reactive ketones (excluding diaryl/α,β-unsaturated/α-hetero) is 2. The fourth-order valence-electron chi connectivity index (χ4n) is 2.77. The van der Waals surface area contributed by atoms with E-state index in [1.54, 1.807) is 0 Å². The van der Waals surface area contributed by atoms with Gasteiger partial charge >= 0.3 is 0 Å². The van der Waals surface area contributed by atoms with Gasteiger partial charge in [-0.1, -0.05) is 30.3 Å². The third-order valence-electron chi connectivity index (χ3n) is 3.98. The smallest absolute Gasteiger partial charge is 0.224 e. The van der Waals surface area contributed by atoms with E-state index in [2.05, 4.69) is 5.32 Å². The Balaban J connectivity index is 1.91. The van der Waals surface area contributed by atoms with Crippen molar-refractivity contribution in [3.8, 4) is 0 Å². The first-order chi connectivity index (χ1) is 10.1. The number of amides is 1. The number of carbonyl (C=O) groups is 3. The fourth-order valence-corrected chi connectivity index (χ4v) is 2.77. The summed E-state index contributed by atoms with van der Waals surface area (Å²) < 4.78 is 0. The minimum absolute atomic E-state index is 0.0732. The molecule has 0 aliphatic heterocycles. The number of nitrogens with one attached hydrogen (secondary N) is 1. The lowest BCUT2D eigenvalue weighted by molar-refractivity contribution is -0.128. The molecule has 2 unspecified atom stereocenters. The number of rotatable bonds is 6. The van der Waals surface area contributed by atoms with Crippen LogP contribution >= 0.6 is 0 Å². The van der Waals surface area contributed by atoms with Gasteiger partial charge in [-0.25, -0.2) is 0 Å². The van der Waals surface area contributed by atoms with E-state index in [4.69, 9.17) is 0 Å². The lowest BCUT2D eigenvalue weighted by Crippen LogP contribution is -2.42. The van der Waals surface area contributed by atoms with Crippen molar-refractivity contribution in [2.75, 3.05) is 0 Å². The Morgan fingerprint density at radius 3 is 2.57 bits per heavy atom. The first kappa shape index (κ1) is 15.4. The van der Waals surface area contributed by atoms with Crippen LogP contribution in [0.15, 0.2) is 30.3 Å². The van der Waals surface area contributed by atoms with E-state index in [0.29, 0.717) is 12.8 Å². The minimum atomic E-state index is -0.548. The molecule has 0 saturated heterocycles. The highest BCUT2D eigenvalue weighted by atomic mass is 16.2. The molecule has 2 atom stereocenters. The number of ketones is 2. The second kappa shape index (κ2) is 7.16. The topological polar surface area (TPSA) is 63.2 Å². The van der Waals surface area contributed by atoms with Crippen molar-refractivity contribution in [2.24, 2.45) is 5.92 Å². The summed E-state index contributed by atoms with van der Waals surface area (Å²) in [4.78, 5) is 35.4. The van der Waals surface area contributed by atoms with E-state index in [1.165, 1.54) is 6.92 Å². The van der Waals surface area contributed by atoms with Crippen molar-refractivity contribution in [2.45, 2.75) is 45.1 Å². The van der Waals surface area contributed by atoms with Gasteiger partial charge in [-0.05, 0) is 31.7 Å². The van der Waals surface area contributed by atoms with E-state index >= 15 is 0 Å². The van der Waals surface area contributed by atoms with Crippen LogP contribution < -0.4 is 5.32 Å². The lowest BCUT2D eigenvalue weighted by atomic mass is 9.95. The zero-order valence-electron chi connectivity index (χ0n) is 12.3. The summed E-state index contributed by atoms with van der Waals surface area (Å²) in [5.41, 5.74) is 0.911. The van der Waals surface area contributed by atoms with Crippen LogP contribution in [0.25, 0.3) is 0 Å². The van der Waals surface area contributed by atoms with Gasteiger partial charge in [0, 0.05) is 12.3 Å². The van der Waals surface area contributed by atoms with Crippen LogP contribution in [0.1, 0.15) is 38.2 Å². The second-order valence-electron chi connectivity index (χ2n) is 5.68. The first-order valence-corrected chi connectivity index (χ1v) is 7.42. The van der Waals surface area contributed by atoms with Crippen molar-refractivity contribution in [1.82, 2.24) is 5.32 Å². The molecule has 1 saturated carbocycles. The predicted molar refractivity (Wildman–Crippen MR) is 79.7 cm³/mol. The molecule has 0 spiro atoms. The van der Waals surface area contributed by atoms with Crippen molar-refractivity contribution in [3.05, 3.63) is 35.9 Å². The molecule has 0 heterocycles. The third-order valence-corrected chi connectivity index (χ3v) is 3.98. The van der Waals surface area contributed by atoms with Crippen LogP contribution in [0.3, 0.4) is 0 Å². The van der Waals surface area contributed by atoms with E-state index < -0.39 is 6.04 Å². The van der Waals surface area contributed by atoms with Crippen LogP contribution in [0, 0.1) is 5.92 Å². The highest BCUT2D eigenvalue weighted by molar-refractivity contribution is 5.89. The molecule has 0 radical (unpaired) electrons. The summed E-state index contributed by atoms with van der Waals surface area (Å²) in [5, 5.41) is 2.77. The molecule has 4 nitrogen and oxygen atoms in total. The molecule has 21 heavy (non-hydrogen) atoms. The SMILES string of the molecule is CC(=O)C(CC1CCCC1=O)NC(=O)Cc1ccccc1. The maximum atomic E-state index is 12.0. The number of benzene rings is 1. The van der Waals surface area contributed by atoms with Crippen molar-refractivity contribution >= 4 is 17.5 Å². The monoisotopic (exact) mass is 287 g/mol. The number of carbonyl (C=O) groups excluding carboxylic acids is 3. The van der Waals surface area contributed by atoms with Gasteiger partial charge in [0.2, 0.25) is 5.91 Å². The van der Waals surface area contributed by atoms with Crippen LogP contribution in [0.2, 0.25) is 0 Å². The molecule has 1 aromatic rings. The van der Waals surface area contributed by atoms with Crippen LogP contribution in [-0.2, 0) is 20.8 Å². The van der Waals surface area contributed by atoms with E-state index in [9.17, 15) is 14.4 Å². The van der Waals surface area contributed by atoms with E-state index in [-0.39, 0.29) is 29.8 Å². The maximum Gasteiger partial charge on any atom is 0.224 e. The molecule has 1 amide bonds. The minimum Gasteiger partial charge on any atom is -0.346 e. The lowest BCUT2D eigenvalue weighted by Gasteiger charge is -2.19. The molecule has 2 rings (SSSR count). The summed E-state index contributed by atoms with van der Waals surface area (Å²) in [5.74, 6) is -0.113. The molecule has 1 N–H and O–H groups in total. The van der Waals surface area contributed by atoms with Gasteiger partial charge in [-0.3, -0.25) is 14.4 Å². The van der Waals surface area contributed by atoms with Gasteiger partial charge in [0.1, 0.15) is 5.78 Å². The molecule has 0 aromatic heterocycles. The standard InChI is InChI=1S/C17H21NO3/c1-12(19)15(11-14-8-5-9-16(14)20)18-17(21)10-13-6-3-2-4-7-13/h2-4,6-7,14-15H,5,8-11H2,1H3,(H,18,21). The molecule has 1 aliphatic carbocycles. The predicted octanol–water partition coefficient (Wildman–Crippen LogP) is 2.06. The summed E-state index contributed by atoms with van der Waals surface area (Å²) in [6.07, 6.45) is 3.02. The molecule has 1 aromatic carbocycles. The van der Waals surface area contributed by atoms with Crippen LogP contribution in [0.4, 0.5) is 0 Å². The average Bonchev–Trinajstić information content (AvgIpc) is 2.84. The maximum absolute atomic E-state index is 12.0. The molecule has 1 aliphatic rings. The molecule has 112 valence electrons. The number of hydrogen-bond donors (Lipinski definition) is 1. The average molecular weight is 287 g/mol. The first-order valence-electron chi connectivity index (χ1n) is 7.42. The Labute approximate surface area is 124 Å². The quantitative estimate of drug-likeness (QED) is 0.871. The number of hydrogen-bond acceptors (Lipinski definition) is 3. The fraction of sp³-hybridized carbons (Fsp3) is 0.471. The van der Waals surface area contributed by atoms with Gasteiger partial charge in [0.05, 0.1) is 12.5 Å². The highest BCUT2D eigenvalue weighted by Gasteiger charge is 2.29. The Morgan fingerprint density at radius 2 is 2.00 bits per heavy atom. The summed E-state index contributed by atoms with van der Waals surface area (Å²) >= 11 is 0. The normalized spacial score (nSPS) is 19.3. The Hall–Kier alpha value is -1.97. The molecular formula is C17H21NO3. The molecular weight excluding hydrogens is 266 g/mol. The highest BCUT2D eigenvalue weighted by Crippen LogP contribution is 2.25. The van der Waals surface area contributed by atoms with Crippen molar-refractivity contribution < 1.29 is 14.4 Å². The van der Waals surface area contributed by atoms with Crippen molar-refractivity contribution in [3.63, 3.8) is 0 Å². The van der Waals surface area contributed by atoms with E-state index in [1.807, 2.05) is 30.3 Å². The molecule has 0 bridgehead atoms. The van der Waals surface area contributed by atoms with Gasteiger partial charge < -0.3 is 5.32 Å². The molecule has 1 fully saturated rings.